The number of hydrogen-bond acceptors (Lipinski definition) is 4. The second kappa shape index (κ2) is 5.75. The van der Waals surface area contributed by atoms with Crippen molar-refractivity contribution in [2.75, 3.05) is 7.11 Å². The Morgan fingerprint density at radius 2 is 2.00 bits per heavy atom. The van der Waals surface area contributed by atoms with Gasteiger partial charge in [-0.1, -0.05) is 26.3 Å². The fourth-order valence-electron chi connectivity index (χ4n) is 5.45. The largest absolute Gasteiger partial charge is 0.515 e. The van der Waals surface area contributed by atoms with Crippen molar-refractivity contribution in [1.29, 1.82) is 0 Å². The van der Waals surface area contributed by atoms with Gasteiger partial charge in [-0.15, -0.1) is 0 Å². The zero-order valence-electron chi connectivity index (χ0n) is 15.1. The third kappa shape index (κ3) is 2.11. The van der Waals surface area contributed by atoms with Gasteiger partial charge in [0.15, 0.2) is 5.78 Å². The summed E-state index contributed by atoms with van der Waals surface area (Å²) in [6, 6.07) is 0. The molecule has 0 aromatic heterocycles. The normalized spacial score (nSPS) is 37.6. The first-order valence-corrected chi connectivity index (χ1v) is 9.01. The minimum absolute atomic E-state index is 0.0576. The molecule has 3 atom stereocenters. The van der Waals surface area contributed by atoms with Gasteiger partial charge in [0.1, 0.15) is 0 Å². The molecule has 3 aliphatic rings. The third-order valence-electron chi connectivity index (χ3n) is 6.81. The van der Waals surface area contributed by atoms with Gasteiger partial charge in [-0.05, 0) is 55.9 Å². The zero-order chi connectivity index (χ0) is 17.7. The number of rotatable bonds is 2. The zero-order valence-corrected chi connectivity index (χ0v) is 15.1. The molecule has 4 nitrogen and oxygen atoms in total. The summed E-state index contributed by atoms with van der Waals surface area (Å²) in [7, 11) is 1.47. The van der Waals surface area contributed by atoms with Crippen molar-refractivity contribution in [3.63, 3.8) is 0 Å². The van der Waals surface area contributed by atoms with Gasteiger partial charge in [0.2, 0.25) is 0 Å². The summed E-state index contributed by atoms with van der Waals surface area (Å²) in [5.41, 5.74) is 2.04. The number of fused-ring (bicyclic) bond motifs is 3. The number of hydrogen-bond donors (Lipinski definition) is 1. The van der Waals surface area contributed by atoms with Crippen LogP contribution in [0.2, 0.25) is 0 Å². The molecule has 0 unspecified atom stereocenters. The van der Waals surface area contributed by atoms with Gasteiger partial charge < -0.3 is 9.84 Å². The van der Waals surface area contributed by atoms with Crippen molar-refractivity contribution in [1.82, 2.24) is 0 Å². The maximum Gasteiger partial charge on any atom is 0.315 e. The predicted octanol–water partition coefficient (Wildman–Crippen LogP) is 4.11. The van der Waals surface area contributed by atoms with E-state index in [0.29, 0.717) is 30.8 Å². The average Bonchev–Trinajstić information content (AvgIpc) is 2.96. The molecule has 0 amide bonds. The summed E-state index contributed by atoms with van der Waals surface area (Å²) in [6.45, 7) is 6.36. The molecule has 2 fully saturated rings. The number of carbonyl (C=O) groups excluding carboxylic acids is 2. The number of carbonyl (C=O) groups is 2. The average molecular weight is 332 g/mol. The van der Waals surface area contributed by atoms with Gasteiger partial charge in [-0.3, -0.25) is 9.59 Å². The number of aliphatic hydroxyl groups is 1. The van der Waals surface area contributed by atoms with E-state index in [2.05, 4.69) is 13.8 Å². The summed E-state index contributed by atoms with van der Waals surface area (Å²) in [6.07, 6.45) is 5.47. The van der Waals surface area contributed by atoms with Crippen molar-refractivity contribution in [2.45, 2.75) is 59.3 Å². The maximum atomic E-state index is 13.0. The van der Waals surface area contributed by atoms with Gasteiger partial charge in [-0.2, -0.15) is 0 Å². The second-order valence-corrected chi connectivity index (χ2v) is 8.16. The number of ether oxygens (including phenoxy) is 1. The number of ketones is 1. The topological polar surface area (TPSA) is 63.6 Å². The highest BCUT2D eigenvalue weighted by Crippen LogP contribution is 2.63. The maximum absolute atomic E-state index is 13.0. The van der Waals surface area contributed by atoms with Crippen LogP contribution in [0.15, 0.2) is 23.0 Å². The molecule has 0 aliphatic heterocycles. The first kappa shape index (κ1) is 17.2. The number of Topliss-reactive ketones (excluding diaryl/α,β-unsaturated/α-hetero) is 1. The highest BCUT2D eigenvalue weighted by atomic mass is 16.5. The van der Waals surface area contributed by atoms with E-state index >= 15 is 0 Å². The van der Waals surface area contributed by atoms with Gasteiger partial charge in [0.05, 0.1) is 18.8 Å². The van der Waals surface area contributed by atoms with Gasteiger partial charge in [-0.25, -0.2) is 0 Å². The molecule has 4 heteroatoms. The lowest BCUT2D eigenvalue weighted by Gasteiger charge is -2.51. The first-order valence-electron chi connectivity index (χ1n) is 9.01. The third-order valence-corrected chi connectivity index (χ3v) is 6.81. The van der Waals surface area contributed by atoms with Gasteiger partial charge in [0, 0.05) is 11.0 Å². The molecule has 0 radical (unpaired) electrons. The summed E-state index contributed by atoms with van der Waals surface area (Å²) in [4.78, 5) is 25.7. The molecule has 3 rings (SSSR count). The summed E-state index contributed by atoms with van der Waals surface area (Å²) in [5, 5.41) is 9.40. The van der Waals surface area contributed by atoms with E-state index in [4.69, 9.17) is 4.74 Å². The molecule has 132 valence electrons. The van der Waals surface area contributed by atoms with Crippen molar-refractivity contribution < 1.29 is 19.4 Å². The minimum atomic E-state index is -0.529. The van der Waals surface area contributed by atoms with Crippen molar-refractivity contribution >= 4 is 11.8 Å². The predicted molar refractivity (Wildman–Crippen MR) is 91.3 cm³/mol. The standard InChI is InChI=1S/C20H28O4/c1-12(2)14-7-8-20(18(23)24-4)10-9-19(3)15(16(14)20)6-5-13(11-21)17(19)22/h11-12,15,21H,5-10H2,1-4H3/b13-11-/t15-,19-,20+/m1/s1. The highest BCUT2D eigenvalue weighted by molar-refractivity contribution is 6.01. The Balaban J connectivity index is 2.15. The lowest BCUT2D eigenvalue weighted by molar-refractivity contribution is -0.155. The van der Waals surface area contributed by atoms with Gasteiger partial charge in [0.25, 0.3) is 0 Å². The van der Waals surface area contributed by atoms with Crippen LogP contribution in [0, 0.1) is 22.7 Å². The molecule has 0 bridgehead atoms. The Bertz CT molecular complexity index is 642. The van der Waals surface area contributed by atoms with E-state index in [1.165, 1.54) is 18.3 Å². The first-order chi connectivity index (χ1) is 11.3. The van der Waals surface area contributed by atoms with Crippen LogP contribution in [0.1, 0.15) is 59.3 Å². The lowest BCUT2D eigenvalue weighted by Crippen LogP contribution is -2.51. The molecule has 2 saturated carbocycles. The number of esters is 1. The molecule has 24 heavy (non-hydrogen) atoms. The molecule has 0 aromatic rings. The molecular formula is C20H28O4. The Morgan fingerprint density at radius 3 is 2.58 bits per heavy atom. The molecule has 0 spiro atoms. The van der Waals surface area contributed by atoms with Crippen LogP contribution in [0.4, 0.5) is 0 Å². The Morgan fingerprint density at radius 1 is 1.29 bits per heavy atom. The molecule has 1 N–H and O–H groups in total. The fourth-order valence-corrected chi connectivity index (χ4v) is 5.45. The van der Waals surface area contributed by atoms with Crippen LogP contribution in [0.5, 0.6) is 0 Å². The van der Waals surface area contributed by atoms with E-state index in [1.807, 2.05) is 6.92 Å². The van der Waals surface area contributed by atoms with E-state index in [0.717, 1.165) is 25.5 Å². The van der Waals surface area contributed by atoms with Crippen molar-refractivity contribution in [3.05, 3.63) is 23.0 Å². The molecule has 3 aliphatic carbocycles. The number of allylic oxidation sites excluding steroid dienone is 2. The van der Waals surface area contributed by atoms with Crippen LogP contribution < -0.4 is 0 Å². The quantitative estimate of drug-likeness (QED) is 0.358. The second-order valence-electron chi connectivity index (χ2n) is 8.16. The van der Waals surface area contributed by atoms with Crippen molar-refractivity contribution in [3.8, 4) is 0 Å². The van der Waals surface area contributed by atoms with E-state index in [1.54, 1.807) is 0 Å². The highest BCUT2D eigenvalue weighted by Gasteiger charge is 2.61. The summed E-state index contributed by atoms with van der Waals surface area (Å²) >= 11 is 0. The molecule has 0 aromatic carbocycles. The van der Waals surface area contributed by atoms with E-state index in [9.17, 15) is 14.7 Å². The van der Waals surface area contributed by atoms with Crippen LogP contribution in [0.25, 0.3) is 0 Å². The SMILES string of the molecule is COC(=O)[C@]12CCC(C(C)C)=C1[C@H]1CC/C(=C/O)C(=O)[C@]1(C)CC2. The molecular weight excluding hydrogens is 304 g/mol. The Hall–Kier alpha value is -1.58. The number of methoxy groups -OCH3 is 1. The van der Waals surface area contributed by atoms with Crippen LogP contribution >= 0.6 is 0 Å². The van der Waals surface area contributed by atoms with Gasteiger partial charge >= 0.3 is 5.97 Å². The summed E-state index contributed by atoms with van der Waals surface area (Å²) in [5.74, 6) is 0.383. The van der Waals surface area contributed by atoms with Crippen LogP contribution in [-0.4, -0.2) is 24.0 Å². The Labute approximate surface area is 144 Å². The van der Waals surface area contributed by atoms with E-state index < -0.39 is 10.8 Å². The monoisotopic (exact) mass is 332 g/mol. The van der Waals surface area contributed by atoms with Crippen LogP contribution in [0.3, 0.4) is 0 Å². The fraction of sp³-hybridized carbons (Fsp3) is 0.700. The van der Waals surface area contributed by atoms with Crippen LogP contribution in [-0.2, 0) is 14.3 Å². The smallest absolute Gasteiger partial charge is 0.315 e. The molecule has 0 saturated heterocycles. The van der Waals surface area contributed by atoms with Crippen molar-refractivity contribution in [2.24, 2.45) is 22.7 Å². The lowest BCUT2D eigenvalue weighted by atomic mass is 9.51. The Kier molecular flexibility index (Phi) is 4.13. The van der Waals surface area contributed by atoms with E-state index in [-0.39, 0.29) is 17.7 Å². The number of aliphatic hydroxyl groups excluding tert-OH is 1. The summed E-state index contributed by atoms with van der Waals surface area (Å²) < 4.78 is 5.19. The minimum Gasteiger partial charge on any atom is -0.515 e. The molecule has 0 heterocycles.